The maximum Gasteiger partial charge on any atom is 0.309 e. The number of carbonyl (C=O) groups is 2. The first-order valence-electron chi connectivity index (χ1n) is 8.24. The van der Waals surface area contributed by atoms with E-state index in [-0.39, 0.29) is 20.9 Å². The molecule has 1 N–H and O–H groups in total. The van der Waals surface area contributed by atoms with Crippen LogP contribution in [0, 0.1) is 28.6 Å². The summed E-state index contributed by atoms with van der Waals surface area (Å²) in [4.78, 5) is 23.8. The van der Waals surface area contributed by atoms with Crippen molar-refractivity contribution in [3.63, 3.8) is 0 Å². The Labute approximate surface area is 148 Å². The quantitative estimate of drug-likeness (QED) is 0.620. The lowest BCUT2D eigenvalue weighted by Crippen LogP contribution is -2.57. The molecule has 0 aliphatic heterocycles. The molecule has 3 rings (SSSR count). The maximum atomic E-state index is 12.3. The van der Waals surface area contributed by atoms with Crippen LogP contribution < -0.4 is 0 Å². The van der Waals surface area contributed by atoms with Crippen LogP contribution in [0.5, 0.6) is 0 Å². The second kappa shape index (κ2) is 5.58. The monoisotopic (exact) mass is 434 g/mol. The minimum Gasteiger partial charge on any atom is -0.481 e. The Bertz CT molecular complexity index is 508. The third-order valence-corrected chi connectivity index (χ3v) is 8.76. The lowest BCUT2D eigenvalue weighted by atomic mass is 9.47. The summed E-state index contributed by atoms with van der Waals surface area (Å²) < 4.78 is 0. The van der Waals surface area contributed by atoms with Crippen molar-refractivity contribution < 1.29 is 14.7 Å². The molecule has 3 nitrogen and oxygen atoms in total. The van der Waals surface area contributed by atoms with E-state index in [1.165, 1.54) is 0 Å². The summed E-state index contributed by atoms with van der Waals surface area (Å²) in [6, 6.07) is 0. The first kappa shape index (κ1) is 16.9. The van der Waals surface area contributed by atoms with Gasteiger partial charge in [0, 0.05) is 0 Å². The summed E-state index contributed by atoms with van der Waals surface area (Å²) in [5.74, 6) is 1.07. The molecule has 6 unspecified atom stereocenters. The van der Waals surface area contributed by atoms with Gasteiger partial charge in [0.25, 0.3) is 0 Å². The topological polar surface area (TPSA) is 54.4 Å². The summed E-state index contributed by atoms with van der Waals surface area (Å²) >= 11 is 7.24. The van der Waals surface area contributed by atoms with E-state index in [1.807, 2.05) is 6.92 Å². The molecule has 0 aromatic carbocycles. The molecule has 3 aliphatic carbocycles. The summed E-state index contributed by atoms with van der Waals surface area (Å²) in [7, 11) is 0. The lowest BCUT2D eigenvalue weighted by molar-refractivity contribution is -0.156. The predicted octanol–water partition coefficient (Wildman–Crippen LogP) is 4.41. The van der Waals surface area contributed by atoms with Gasteiger partial charge in [-0.2, -0.15) is 0 Å². The number of Topliss-reactive ketones (excluding diaryl/α,β-unsaturated/α-hetero) is 1. The Hall–Kier alpha value is 0.1000. The van der Waals surface area contributed by atoms with Gasteiger partial charge in [0.05, 0.1) is 15.1 Å². The second-order valence-electron chi connectivity index (χ2n) is 8.14. The number of carboxylic acid groups (broad SMARTS) is 1. The van der Waals surface area contributed by atoms with Crippen LogP contribution in [0.25, 0.3) is 0 Å². The fourth-order valence-electron chi connectivity index (χ4n) is 5.54. The van der Waals surface area contributed by atoms with Crippen LogP contribution in [0.1, 0.15) is 52.4 Å². The Morgan fingerprint density at radius 1 is 1.14 bits per heavy atom. The van der Waals surface area contributed by atoms with Gasteiger partial charge in [-0.3, -0.25) is 9.59 Å². The Kier molecular flexibility index (Phi) is 4.29. The molecule has 7 atom stereocenters. The van der Waals surface area contributed by atoms with Gasteiger partial charge in [-0.05, 0) is 68.6 Å². The van der Waals surface area contributed by atoms with Crippen molar-refractivity contribution in [2.24, 2.45) is 28.6 Å². The fourth-order valence-corrected chi connectivity index (χ4v) is 8.06. The minimum absolute atomic E-state index is 0.0515. The highest BCUT2D eigenvalue weighted by molar-refractivity contribution is 9.10. The van der Waals surface area contributed by atoms with Gasteiger partial charge in [0.15, 0.2) is 5.78 Å². The van der Waals surface area contributed by atoms with Gasteiger partial charge >= 0.3 is 5.97 Å². The van der Waals surface area contributed by atoms with Gasteiger partial charge in [0.1, 0.15) is 0 Å². The van der Waals surface area contributed by atoms with Crippen LogP contribution in [-0.2, 0) is 9.59 Å². The van der Waals surface area contributed by atoms with E-state index in [2.05, 4.69) is 38.8 Å². The van der Waals surface area contributed by atoms with E-state index in [1.54, 1.807) is 0 Å². The predicted molar refractivity (Wildman–Crippen MR) is 92.5 cm³/mol. The molecule has 3 aliphatic rings. The molecule has 3 fully saturated rings. The average molecular weight is 436 g/mol. The normalized spacial score (nSPS) is 51.8. The van der Waals surface area contributed by atoms with Crippen molar-refractivity contribution in [2.45, 2.75) is 62.0 Å². The summed E-state index contributed by atoms with van der Waals surface area (Å²) in [6.07, 6.45) is 5.53. The molecule has 0 amide bonds. The number of aliphatic carboxylic acids is 1. The van der Waals surface area contributed by atoms with Gasteiger partial charge in [-0.15, -0.1) is 0 Å². The molecule has 0 spiro atoms. The van der Waals surface area contributed by atoms with Crippen molar-refractivity contribution in [3.8, 4) is 0 Å². The molecule has 0 saturated heterocycles. The zero-order valence-electron chi connectivity index (χ0n) is 13.1. The second-order valence-corrected chi connectivity index (χ2v) is 10.2. The van der Waals surface area contributed by atoms with E-state index in [0.717, 1.165) is 38.5 Å². The smallest absolute Gasteiger partial charge is 0.309 e. The molecule has 5 heteroatoms. The average Bonchev–Trinajstić information content (AvgIpc) is 2.44. The number of halogens is 2. The zero-order chi connectivity index (χ0) is 16.3. The highest BCUT2D eigenvalue weighted by Crippen LogP contribution is 2.62. The SMILES string of the molecule is CC12CC(Br)C(=O)C(Br)C1CCC1C[C@@](C)(C(=O)O)CCC12. The Balaban J connectivity index is 1.87. The van der Waals surface area contributed by atoms with Crippen molar-refractivity contribution in [2.75, 3.05) is 0 Å². The molecule has 124 valence electrons. The molecular formula is C17H24Br2O3. The molecule has 0 bridgehead atoms. The molecule has 3 saturated carbocycles. The zero-order valence-corrected chi connectivity index (χ0v) is 16.3. The van der Waals surface area contributed by atoms with Crippen LogP contribution in [0.15, 0.2) is 0 Å². The van der Waals surface area contributed by atoms with Gasteiger partial charge < -0.3 is 5.11 Å². The third kappa shape index (κ3) is 2.42. The summed E-state index contributed by atoms with van der Waals surface area (Å²) in [6.45, 7) is 4.25. The first-order chi connectivity index (χ1) is 10.2. The number of alkyl halides is 2. The van der Waals surface area contributed by atoms with E-state index in [0.29, 0.717) is 17.8 Å². The first-order valence-corrected chi connectivity index (χ1v) is 10.1. The number of fused-ring (bicyclic) bond motifs is 3. The number of carbonyl (C=O) groups excluding carboxylic acids is 1. The standard InChI is InChI=1S/C17H24Br2O3/c1-16(15(21)22)6-5-10-9(7-16)3-4-11-13(19)14(20)12(18)8-17(10,11)2/h9-13H,3-8H2,1-2H3,(H,21,22)/t9?,10?,11?,12?,13?,16-,17?/m0/s1. The molecule has 22 heavy (non-hydrogen) atoms. The summed E-state index contributed by atoms with van der Waals surface area (Å²) in [5.41, 5.74) is -0.421. The molecule has 0 aromatic heterocycles. The maximum absolute atomic E-state index is 12.3. The summed E-state index contributed by atoms with van der Waals surface area (Å²) in [5, 5.41) is 9.54. The van der Waals surface area contributed by atoms with Crippen molar-refractivity contribution in [1.29, 1.82) is 0 Å². The van der Waals surface area contributed by atoms with E-state index < -0.39 is 11.4 Å². The van der Waals surface area contributed by atoms with Crippen LogP contribution in [0.2, 0.25) is 0 Å². The number of rotatable bonds is 1. The van der Waals surface area contributed by atoms with E-state index in [4.69, 9.17) is 0 Å². The van der Waals surface area contributed by atoms with Crippen LogP contribution in [0.3, 0.4) is 0 Å². The largest absolute Gasteiger partial charge is 0.481 e. The van der Waals surface area contributed by atoms with E-state index >= 15 is 0 Å². The lowest BCUT2D eigenvalue weighted by Gasteiger charge is -2.58. The van der Waals surface area contributed by atoms with E-state index in [9.17, 15) is 14.7 Å². The van der Waals surface area contributed by atoms with Gasteiger partial charge in [-0.1, -0.05) is 38.8 Å². The van der Waals surface area contributed by atoms with Crippen LogP contribution in [-0.4, -0.2) is 26.5 Å². The fraction of sp³-hybridized carbons (Fsp3) is 0.882. The van der Waals surface area contributed by atoms with Crippen molar-refractivity contribution in [3.05, 3.63) is 0 Å². The van der Waals surface area contributed by atoms with Gasteiger partial charge in [0.2, 0.25) is 0 Å². The Morgan fingerprint density at radius 3 is 2.45 bits per heavy atom. The van der Waals surface area contributed by atoms with Crippen molar-refractivity contribution >= 4 is 43.6 Å². The Morgan fingerprint density at radius 2 is 1.82 bits per heavy atom. The number of ketones is 1. The van der Waals surface area contributed by atoms with Crippen LogP contribution >= 0.6 is 31.9 Å². The molecular weight excluding hydrogens is 412 g/mol. The van der Waals surface area contributed by atoms with Crippen molar-refractivity contribution in [1.82, 2.24) is 0 Å². The third-order valence-electron chi connectivity index (χ3n) is 6.90. The highest BCUT2D eigenvalue weighted by atomic mass is 79.9. The highest BCUT2D eigenvalue weighted by Gasteiger charge is 2.58. The van der Waals surface area contributed by atoms with Crippen LogP contribution in [0.4, 0.5) is 0 Å². The van der Waals surface area contributed by atoms with Gasteiger partial charge in [-0.25, -0.2) is 0 Å². The number of carboxylic acids is 1. The molecule has 0 heterocycles. The number of hydrogen-bond donors (Lipinski definition) is 1. The molecule has 0 radical (unpaired) electrons. The molecule has 0 aromatic rings. The minimum atomic E-state index is -0.645. The number of hydrogen-bond acceptors (Lipinski definition) is 2.